The van der Waals surface area contributed by atoms with Gasteiger partial charge in [-0.2, -0.15) is 0 Å². The van der Waals surface area contributed by atoms with Crippen LogP contribution in [0.25, 0.3) is 22.3 Å². The summed E-state index contributed by atoms with van der Waals surface area (Å²) >= 11 is 0. The number of aliphatic hydroxyl groups excluding tert-OH is 1. The molecule has 0 aliphatic carbocycles. The standard InChI is InChI=1S/C18H18FN3O2/c1-20-13-3-6-17(21-10-13)18-5-2-12-8-15(4-7-16(12)22-18)24-11-14(23)9-19/h2-8,10,14,20,23H,9,11H2,1H3/t14-/m1/s1/i19-1. The van der Waals surface area contributed by atoms with Gasteiger partial charge in [0.15, 0.2) is 0 Å². The van der Waals surface area contributed by atoms with Crippen molar-refractivity contribution < 1.29 is 14.2 Å². The predicted molar refractivity (Wildman–Crippen MR) is 92.0 cm³/mol. The minimum Gasteiger partial charge on any atom is -0.491 e. The Bertz CT molecular complexity index is 824. The smallest absolute Gasteiger partial charge is 0.120 e. The number of rotatable bonds is 6. The van der Waals surface area contributed by atoms with Crippen molar-refractivity contribution in [1.29, 1.82) is 0 Å². The number of aromatic nitrogens is 2. The van der Waals surface area contributed by atoms with E-state index in [1.807, 2.05) is 43.4 Å². The van der Waals surface area contributed by atoms with Gasteiger partial charge in [0, 0.05) is 12.4 Å². The van der Waals surface area contributed by atoms with E-state index in [0.29, 0.717) is 5.75 Å². The minimum absolute atomic E-state index is 0.0742. The largest absolute Gasteiger partial charge is 0.491 e. The second kappa shape index (κ2) is 7.23. The van der Waals surface area contributed by atoms with E-state index < -0.39 is 12.8 Å². The van der Waals surface area contributed by atoms with Gasteiger partial charge in [-0.1, -0.05) is 6.07 Å². The fourth-order valence-corrected chi connectivity index (χ4v) is 2.27. The fourth-order valence-electron chi connectivity index (χ4n) is 2.27. The third kappa shape index (κ3) is 3.60. The lowest BCUT2D eigenvalue weighted by Gasteiger charge is -2.10. The summed E-state index contributed by atoms with van der Waals surface area (Å²) in [5, 5.41) is 13.1. The van der Waals surface area contributed by atoms with Crippen molar-refractivity contribution in [2.24, 2.45) is 0 Å². The summed E-state index contributed by atoms with van der Waals surface area (Å²) in [5.74, 6) is 0.570. The summed E-state index contributed by atoms with van der Waals surface area (Å²) in [6.45, 7) is -0.896. The SMILES string of the molecule is CNc1ccc(-c2ccc3cc(OC[C@H](O)C[18F])ccc3n2)nc1. The lowest BCUT2D eigenvalue weighted by Crippen LogP contribution is -2.19. The summed E-state index contributed by atoms with van der Waals surface area (Å²) in [6, 6.07) is 13.1. The van der Waals surface area contributed by atoms with Gasteiger partial charge in [0.1, 0.15) is 25.1 Å². The number of hydrogen-bond donors (Lipinski definition) is 2. The molecule has 2 aromatic heterocycles. The van der Waals surface area contributed by atoms with Crippen LogP contribution in [-0.4, -0.2) is 41.5 Å². The first-order valence-electron chi connectivity index (χ1n) is 7.61. The first-order chi connectivity index (χ1) is 11.7. The van der Waals surface area contributed by atoms with E-state index in [1.54, 1.807) is 12.3 Å². The molecule has 0 amide bonds. The van der Waals surface area contributed by atoms with Crippen molar-refractivity contribution in [3.63, 3.8) is 0 Å². The highest BCUT2D eigenvalue weighted by Gasteiger charge is 2.07. The van der Waals surface area contributed by atoms with Crippen LogP contribution < -0.4 is 10.1 Å². The van der Waals surface area contributed by atoms with Crippen molar-refractivity contribution >= 4 is 16.6 Å². The van der Waals surface area contributed by atoms with Crippen molar-refractivity contribution in [2.75, 3.05) is 25.6 Å². The van der Waals surface area contributed by atoms with Crippen LogP contribution >= 0.6 is 0 Å². The number of nitrogens with zero attached hydrogens (tertiary/aromatic N) is 2. The van der Waals surface area contributed by atoms with Crippen molar-refractivity contribution in [2.45, 2.75) is 6.10 Å². The van der Waals surface area contributed by atoms with Crippen LogP contribution in [0.4, 0.5) is 10.1 Å². The second-order valence-corrected chi connectivity index (χ2v) is 5.35. The topological polar surface area (TPSA) is 67.3 Å². The van der Waals surface area contributed by atoms with E-state index in [9.17, 15) is 9.50 Å². The number of hydrogen-bond acceptors (Lipinski definition) is 5. The molecule has 3 rings (SSSR count). The number of alkyl halides is 1. The zero-order valence-corrected chi connectivity index (χ0v) is 13.2. The molecule has 24 heavy (non-hydrogen) atoms. The molecule has 0 unspecified atom stereocenters. The molecule has 6 heteroatoms. The number of pyridine rings is 2. The van der Waals surface area contributed by atoms with E-state index in [2.05, 4.69) is 15.3 Å². The number of fused-ring (bicyclic) bond motifs is 1. The van der Waals surface area contributed by atoms with Crippen LogP contribution in [0.15, 0.2) is 48.7 Å². The third-order valence-electron chi connectivity index (χ3n) is 3.60. The van der Waals surface area contributed by atoms with E-state index >= 15 is 0 Å². The fraction of sp³-hybridized carbons (Fsp3) is 0.222. The maximum Gasteiger partial charge on any atom is 0.120 e. The van der Waals surface area contributed by atoms with Gasteiger partial charge in [-0.25, -0.2) is 9.37 Å². The van der Waals surface area contributed by atoms with Crippen molar-refractivity contribution in [3.8, 4) is 17.1 Å². The molecule has 1 aromatic carbocycles. The molecule has 0 spiro atoms. The van der Waals surface area contributed by atoms with Crippen LogP contribution in [-0.2, 0) is 0 Å². The highest BCUT2D eigenvalue weighted by atomic mass is 18.2. The van der Waals surface area contributed by atoms with Gasteiger partial charge in [0.05, 0.1) is 28.8 Å². The normalized spacial score (nSPS) is 12.1. The first-order valence-corrected chi connectivity index (χ1v) is 7.61. The van der Waals surface area contributed by atoms with Gasteiger partial charge in [0.25, 0.3) is 0 Å². The van der Waals surface area contributed by atoms with E-state index in [0.717, 1.165) is 28.0 Å². The van der Waals surface area contributed by atoms with Crippen molar-refractivity contribution in [3.05, 3.63) is 48.7 Å². The summed E-state index contributed by atoms with van der Waals surface area (Å²) in [5.41, 5.74) is 3.33. The molecule has 3 aromatic rings. The zero-order valence-electron chi connectivity index (χ0n) is 13.2. The molecular weight excluding hydrogens is 308 g/mol. The summed E-state index contributed by atoms with van der Waals surface area (Å²) < 4.78 is 17.6. The van der Waals surface area contributed by atoms with Gasteiger partial charge < -0.3 is 15.2 Å². The number of benzene rings is 1. The summed E-state index contributed by atoms with van der Waals surface area (Å²) in [7, 11) is 1.84. The minimum atomic E-state index is -1.10. The number of aliphatic hydroxyl groups is 1. The average molecular weight is 326 g/mol. The van der Waals surface area contributed by atoms with Crippen LogP contribution in [0.5, 0.6) is 5.75 Å². The van der Waals surface area contributed by atoms with Crippen LogP contribution in [0.2, 0.25) is 0 Å². The van der Waals surface area contributed by atoms with Gasteiger partial charge in [-0.05, 0) is 36.4 Å². The number of ether oxygens (including phenoxy) is 1. The van der Waals surface area contributed by atoms with Crippen molar-refractivity contribution in [1.82, 2.24) is 9.97 Å². The summed E-state index contributed by atoms with van der Waals surface area (Å²) in [4.78, 5) is 9.00. The molecule has 5 nitrogen and oxygen atoms in total. The Labute approximate surface area is 139 Å². The first kappa shape index (κ1) is 16.1. The Morgan fingerprint density at radius 2 is 2.00 bits per heavy atom. The Morgan fingerprint density at radius 3 is 2.71 bits per heavy atom. The quantitative estimate of drug-likeness (QED) is 0.729. The molecule has 0 aliphatic rings. The van der Waals surface area contributed by atoms with Crippen LogP contribution in [0.3, 0.4) is 0 Å². The highest BCUT2D eigenvalue weighted by Crippen LogP contribution is 2.24. The van der Waals surface area contributed by atoms with Crippen LogP contribution in [0, 0.1) is 0 Å². The van der Waals surface area contributed by atoms with Gasteiger partial charge in [-0.15, -0.1) is 0 Å². The molecule has 0 saturated heterocycles. The van der Waals surface area contributed by atoms with Gasteiger partial charge >= 0.3 is 0 Å². The molecule has 124 valence electrons. The van der Waals surface area contributed by atoms with Gasteiger partial charge in [-0.3, -0.25) is 4.98 Å². The number of anilines is 1. The van der Waals surface area contributed by atoms with E-state index in [4.69, 9.17) is 4.74 Å². The van der Waals surface area contributed by atoms with E-state index in [1.165, 1.54) is 0 Å². The Kier molecular flexibility index (Phi) is 4.86. The molecule has 1 atom stereocenters. The maximum atomic E-state index is 12.2. The maximum absolute atomic E-state index is 12.2. The Hall–Kier alpha value is -2.73. The predicted octanol–water partition coefficient (Wildman–Crippen LogP) is 3.05. The zero-order chi connectivity index (χ0) is 16.9. The molecule has 0 radical (unpaired) electrons. The van der Waals surface area contributed by atoms with Crippen LogP contribution in [0.1, 0.15) is 0 Å². The Morgan fingerprint density at radius 1 is 1.17 bits per heavy atom. The average Bonchev–Trinajstić information content (AvgIpc) is 2.65. The lowest BCUT2D eigenvalue weighted by atomic mass is 10.1. The molecule has 0 fully saturated rings. The highest BCUT2D eigenvalue weighted by molar-refractivity contribution is 5.82. The van der Waals surface area contributed by atoms with E-state index in [-0.39, 0.29) is 6.61 Å². The Balaban J connectivity index is 1.83. The summed E-state index contributed by atoms with van der Waals surface area (Å²) in [6.07, 6.45) is 0.654. The lowest BCUT2D eigenvalue weighted by molar-refractivity contribution is 0.0842. The van der Waals surface area contributed by atoms with Gasteiger partial charge in [0.2, 0.25) is 0 Å². The molecule has 2 heterocycles. The molecular formula is C18H18FN3O2. The number of halogens is 1. The second-order valence-electron chi connectivity index (χ2n) is 5.35. The third-order valence-corrected chi connectivity index (χ3v) is 3.60. The number of nitrogens with one attached hydrogen (secondary N) is 1. The molecule has 2 N–H and O–H groups in total. The molecule has 0 bridgehead atoms. The monoisotopic (exact) mass is 326 g/mol. The molecule has 0 aliphatic heterocycles. The molecule has 0 saturated carbocycles.